The summed E-state index contributed by atoms with van der Waals surface area (Å²) in [6.07, 6.45) is 0. The van der Waals surface area contributed by atoms with E-state index in [1.54, 1.807) is 0 Å². The van der Waals surface area contributed by atoms with E-state index in [-0.39, 0.29) is 11.4 Å². The van der Waals surface area contributed by atoms with Gasteiger partial charge in [0.25, 0.3) is 0 Å². The van der Waals surface area contributed by atoms with Gasteiger partial charge in [-0.05, 0) is 49.2 Å². The predicted molar refractivity (Wildman–Crippen MR) is 77.7 cm³/mol. The van der Waals surface area contributed by atoms with Crippen LogP contribution < -0.4 is 11.1 Å². The summed E-state index contributed by atoms with van der Waals surface area (Å²) in [6, 6.07) is 5.80. The number of nitrogens with one attached hydrogen (secondary N) is 1. The maximum Gasteiger partial charge on any atom is 0.151 e. The van der Waals surface area contributed by atoms with Gasteiger partial charge in [-0.15, -0.1) is 0 Å². The molecule has 0 unspecified atom stereocenters. The van der Waals surface area contributed by atoms with Crippen LogP contribution in [0.3, 0.4) is 0 Å². The van der Waals surface area contributed by atoms with Crippen LogP contribution in [0.15, 0.2) is 28.7 Å². The molecule has 0 saturated carbocycles. The lowest BCUT2D eigenvalue weighted by molar-refractivity contribution is 0.592. The minimum atomic E-state index is -0.712. The van der Waals surface area contributed by atoms with E-state index in [1.807, 2.05) is 26.0 Å². The van der Waals surface area contributed by atoms with Crippen LogP contribution in [-0.2, 0) is 0 Å². The molecule has 2 nitrogen and oxygen atoms in total. The molecule has 19 heavy (non-hydrogen) atoms. The number of hydrogen-bond acceptors (Lipinski definition) is 2. The van der Waals surface area contributed by atoms with Gasteiger partial charge in [-0.2, -0.15) is 0 Å². The van der Waals surface area contributed by atoms with Gasteiger partial charge in [-0.3, -0.25) is 0 Å². The van der Waals surface area contributed by atoms with Crippen LogP contribution in [0, 0.1) is 25.5 Å². The van der Waals surface area contributed by atoms with Crippen LogP contribution in [0.4, 0.5) is 25.8 Å². The van der Waals surface area contributed by atoms with E-state index in [0.29, 0.717) is 5.69 Å². The summed E-state index contributed by atoms with van der Waals surface area (Å²) in [5, 5.41) is 2.75. The van der Waals surface area contributed by atoms with Crippen molar-refractivity contribution in [3.8, 4) is 0 Å². The summed E-state index contributed by atoms with van der Waals surface area (Å²) in [6.45, 7) is 3.83. The average Bonchev–Trinajstić information content (AvgIpc) is 2.30. The molecule has 0 heterocycles. The van der Waals surface area contributed by atoms with Crippen molar-refractivity contribution >= 4 is 33.0 Å². The molecule has 0 aliphatic carbocycles. The first-order valence-corrected chi connectivity index (χ1v) is 6.46. The van der Waals surface area contributed by atoms with Crippen LogP contribution in [0.5, 0.6) is 0 Å². The lowest BCUT2D eigenvalue weighted by Gasteiger charge is -2.12. The molecular formula is C14H13BrF2N2. The SMILES string of the molecule is Cc1cc(Nc2c(F)cc(N)cc2F)cc(C)c1Br. The van der Waals surface area contributed by atoms with Gasteiger partial charge in [0.1, 0.15) is 5.69 Å². The van der Waals surface area contributed by atoms with Gasteiger partial charge in [-0.1, -0.05) is 15.9 Å². The van der Waals surface area contributed by atoms with Crippen LogP contribution in [0.25, 0.3) is 0 Å². The molecule has 0 saturated heterocycles. The monoisotopic (exact) mass is 326 g/mol. The molecule has 0 fully saturated rings. The highest BCUT2D eigenvalue weighted by atomic mass is 79.9. The van der Waals surface area contributed by atoms with E-state index >= 15 is 0 Å². The molecule has 0 spiro atoms. The first-order valence-electron chi connectivity index (χ1n) is 5.67. The Morgan fingerprint density at radius 2 is 1.47 bits per heavy atom. The van der Waals surface area contributed by atoms with Gasteiger partial charge in [0.05, 0.1) is 0 Å². The minimum absolute atomic E-state index is 0.0590. The Kier molecular flexibility index (Phi) is 3.75. The number of benzene rings is 2. The highest BCUT2D eigenvalue weighted by Crippen LogP contribution is 2.29. The van der Waals surface area contributed by atoms with Gasteiger partial charge >= 0.3 is 0 Å². The van der Waals surface area contributed by atoms with Crippen LogP contribution in [-0.4, -0.2) is 0 Å². The van der Waals surface area contributed by atoms with E-state index in [2.05, 4.69) is 21.2 Å². The normalized spacial score (nSPS) is 10.6. The molecule has 0 bridgehead atoms. The molecule has 5 heteroatoms. The maximum atomic E-state index is 13.7. The van der Waals surface area contributed by atoms with Gasteiger partial charge in [-0.25, -0.2) is 8.78 Å². The second-order valence-corrected chi connectivity index (χ2v) is 5.20. The van der Waals surface area contributed by atoms with Crippen molar-refractivity contribution in [1.29, 1.82) is 0 Å². The van der Waals surface area contributed by atoms with Crippen molar-refractivity contribution in [3.63, 3.8) is 0 Å². The molecule has 3 N–H and O–H groups in total. The van der Waals surface area contributed by atoms with E-state index in [0.717, 1.165) is 27.7 Å². The van der Waals surface area contributed by atoms with Gasteiger partial charge in [0, 0.05) is 15.8 Å². The van der Waals surface area contributed by atoms with Crippen molar-refractivity contribution in [1.82, 2.24) is 0 Å². The number of nitrogen functional groups attached to an aromatic ring is 1. The Morgan fingerprint density at radius 3 is 1.95 bits per heavy atom. The van der Waals surface area contributed by atoms with Crippen molar-refractivity contribution in [2.24, 2.45) is 0 Å². The van der Waals surface area contributed by atoms with Crippen molar-refractivity contribution < 1.29 is 8.78 Å². The highest BCUT2D eigenvalue weighted by molar-refractivity contribution is 9.10. The molecule has 0 atom stereocenters. The molecule has 2 aromatic rings. The number of anilines is 3. The third kappa shape index (κ3) is 2.87. The van der Waals surface area contributed by atoms with Crippen molar-refractivity contribution in [2.75, 3.05) is 11.1 Å². The van der Waals surface area contributed by atoms with E-state index in [4.69, 9.17) is 5.73 Å². The summed E-state index contributed by atoms with van der Waals surface area (Å²) in [7, 11) is 0. The van der Waals surface area contributed by atoms with Gasteiger partial charge in [0.2, 0.25) is 0 Å². The second kappa shape index (κ2) is 5.17. The van der Waals surface area contributed by atoms with Crippen molar-refractivity contribution in [2.45, 2.75) is 13.8 Å². The summed E-state index contributed by atoms with van der Waals surface area (Å²) < 4.78 is 28.4. The largest absolute Gasteiger partial charge is 0.399 e. The highest BCUT2D eigenvalue weighted by Gasteiger charge is 2.11. The first-order chi connectivity index (χ1) is 8.88. The fourth-order valence-electron chi connectivity index (χ4n) is 1.87. The topological polar surface area (TPSA) is 38.0 Å². The molecule has 100 valence electrons. The first kappa shape index (κ1) is 13.8. The molecule has 0 radical (unpaired) electrons. The van der Waals surface area contributed by atoms with Crippen LogP contribution in [0.2, 0.25) is 0 Å². The molecule has 0 amide bonds. The Labute approximate surface area is 118 Å². The zero-order valence-corrected chi connectivity index (χ0v) is 12.1. The smallest absolute Gasteiger partial charge is 0.151 e. The molecular weight excluding hydrogens is 314 g/mol. The quantitative estimate of drug-likeness (QED) is 0.787. The minimum Gasteiger partial charge on any atom is -0.399 e. The van der Waals surface area contributed by atoms with Gasteiger partial charge in [0.15, 0.2) is 11.6 Å². The fourth-order valence-corrected chi connectivity index (χ4v) is 2.10. The number of rotatable bonds is 2. The molecule has 2 rings (SSSR count). The zero-order chi connectivity index (χ0) is 14.2. The summed E-state index contributed by atoms with van der Waals surface area (Å²) in [4.78, 5) is 0. The lowest BCUT2D eigenvalue weighted by Crippen LogP contribution is -2.00. The Bertz CT molecular complexity index is 595. The third-order valence-electron chi connectivity index (χ3n) is 2.77. The zero-order valence-electron chi connectivity index (χ0n) is 10.5. The predicted octanol–water partition coefficient (Wildman–Crippen LogP) is 4.67. The lowest BCUT2D eigenvalue weighted by atomic mass is 10.1. The van der Waals surface area contributed by atoms with E-state index < -0.39 is 11.6 Å². The summed E-state index contributed by atoms with van der Waals surface area (Å²) in [5.41, 5.74) is 7.83. The Balaban J connectivity index is 2.42. The van der Waals surface area contributed by atoms with Gasteiger partial charge < -0.3 is 11.1 Å². The second-order valence-electron chi connectivity index (χ2n) is 4.41. The summed E-state index contributed by atoms with van der Waals surface area (Å²) in [5.74, 6) is -1.42. The van der Waals surface area contributed by atoms with Crippen molar-refractivity contribution in [3.05, 3.63) is 51.5 Å². The number of nitrogens with two attached hydrogens (primary N) is 1. The van der Waals surface area contributed by atoms with Crippen LogP contribution in [0.1, 0.15) is 11.1 Å². The maximum absolute atomic E-state index is 13.7. The summed E-state index contributed by atoms with van der Waals surface area (Å²) >= 11 is 3.44. The third-order valence-corrected chi connectivity index (χ3v) is 4.02. The Morgan fingerprint density at radius 1 is 1.00 bits per heavy atom. The van der Waals surface area contributed by atoms with E-state index in [9.17, 15) is 8.78 Å². The molecule has 0 aliphatic rings. The fraction of sp³-hybridized carbons (Fsp3) is 0.143. The number of hydrogen-bond donors (Lipinski definition) is 2. The number of halogens is 3. The number of aryl methyl sites for hydroxylation is 2. The molecule has 0 aromatic heterocycles. The molecule has 2 aromatic carbocycles. The standard InChI is InChI=1S/C14H13BrF2N2/c1-7-3-10(4-8(2)13(7)15)19-14-11(16)5-9(18)6-12(14)17/h3-6,19H,18H2,1-2H3. The van der Waals surface area contributed by atoms with E-state index in [1.165, 1.54) is 0 Å². The molecule has 0 aliphatic heterocycles. The Hall–Kier alpha value is -1.62. The average molecular weight is 327 g/mol. The van der Waals surface area contributed by atoms with Crippen LogP contribution >= 0.6 is 15.9 Å².